The summed E-state index contributed by atoms with van der Waals surface area (Å²) in [5.74, 6) is -0.277. The van der Waals surface area contributed by atoms with Gasteiger partial charge in [-0.2, -0.15) is 0 Å². The van der Waals surface area contributed by atoms with Crippen LogP contribution >= 0.6 is 31.9 Å². The van der Waals surface area contributed by atoms with Crippen molar-refractivity contribution in [1.29, 1.82) is 0 Å². The molecule has 0 fully saturated rings. The predicted molar refractivity (Wildman–Crippen MR) is 123 cm³/mol. The van der Waals surface area contributed by atoms with E-state index in [4.69, 9.17) is 9.84 Å². The van der Waals surface area contributed by atoms with Gasteiger partial charge < -0.3 is 9.84 Å². The van der Waals surface area contributed by atoms with Crippen molar-refractivity contribution in [2.75, 3.05) is 0 Å². The van der Waals surface area contributed by atoms with E-state index in [1.807, 2.05) is 24.3 Å². The number of hydrogen-bond acceptors (Lipinski definition) is 3. The number of hydrogen-bond donors (Lipinski definition) is 1. The molecule has 148 valence electrons. The van der Waals surface area contributed by atoms with Crippen molar-refractivity contribution in [3.63, 3.8) is 0 Å². The number of nitrogens with zero attached hydrogens (tertiary/aromatic N) is 1. The minimum absolute atomic E-state index is 0.250. The van der Waals surface area contributed by atoms with Crippen LogP contribution in [-0.4, -0.2) is 17.3 Å². The van der Waals surface area contributed by atoms with Crippen LogP contribution in [0, 0.1) is 13.8 Å². The second-order valence-electron chi connectivity index (χ2n) is 6.62. The summed E-state index contributed by atoms with van der Waals surface area (Å²) in [6.45, 7) is 4.45. The maximum absolute atomic E-state index is 11.0. The molecule has 0 radical (unpaired) electrons. The lowest BCUT2D eigenvalue weighted by Crippen LogP contribution is -2.01. The van der Waals surface area contributed by atoms with Crippen LogP contribution in [0.3, 0.4) is 0 Å². The second kappa shape index (κ2) is 9.37. The quantitative estimate of drug-likeness (QED) is 0.364. The molecule has 0 saturated heterocycles. The summed E-state index contributed by atoms with van der Waals surface area (Å²) in [6.07, 6.45) is 1.78. The molecule has 3 aromatic carbocycles. The van der Waals surface area contributed by atoms with Crippen LogP contribution < -0.4 is 4.74 Å². The molecule has 0 bridgehead atoms. The van der Waals surface area contributed by atoms with Crippen LogP contribution in [0.25, 0.3) is 0 Å². The molecule has 3 rings (SSSR count). The van der Waals surface area contributed by atoms with Gasteiger partial charge in [0.15, 0.2) is 0 Å². The Morgan fingerprint density at radius 2 is 1.76 bits per heavy atom. The normalized spacial score (nSPS) is 11.0. The van der Waals surface area contributed by atoms with Crippen LogP contribution in [0.4, 0.5) is 5.69 Å². The first-order valence-corrected chi connectivity index (χ1v) is 10.5. The molecule has 0 unspecified atom stereocenters. The Hall–Kier alpha value is -2.44. The minimum atomic E-state index is -0.946. The molecule has 29 heavy (non-hydrogen) atoms. The van der Waals surface area contributed by atoms with Gasteiger partial charge in [0.2, 0.25) is 0 Å². The van der Waals surface area contributed by atoms with Gasteiger partial charge in [-0.3, -0.25) is 4.99 Å². The van der Waals surface area contributed by atoms with Crippen LogP contribution in [-0.2, 0) is 6.61 Å². The van der Waals surface area contributed by atoms with Gasteiger partial charge in [-0.1, -0.05) is 34.1 Å². The maximum Gasteiger partial charge on any atom is 0.335 e. The fourth-order valence-corrected chi connectivity index (χ4v) is 4.05. The van der Waals surface area contributed by atoms with E-state index in [-0.39, 0.29) is 5.56 Å². The SMILES string of the molecule is Cc1ccc(N=Cc2cc(Br)cc(Br)c2OCc2ccc(C(=O)O)cc2)cc1C. The topological polar surface area (TPSA) is 58.9 Å². The smallest absolute Gasteiger partial charge is 0.335 e. The number of carboxylic acid groups (broad SMARTS) is 1. The third-order valence-corrected chi connectivity index (χ3v) is 5.51. The van der Waals surface area contributed by atoms with Crippen LogP contribution in [0.15, 0.2) is 68.5 Å². The molecule has 4 nitrogen and oxygen atoms in total. The number of rotatable bonds is 6. The average molecular weight is 517 g/mol. The standard InChI is InChI=1S/C23H19Br2NO3/c1-14-3-8-20(9-15(14)2)26-12-18-10-19(24)11-21(25)22(18)29-13-16-4-6-17(7-5-16)23(27)28/h3-12H,13H2,1-2H3,(H,27,28). The summed E-state index contributed by atoms with van der Waals surface area (Å²) in [5, 5.41) is 9.01. The molecule has 3 aromatic rings. The van der Waals surface area contributed by atoms with E-state index in [1.165, 1.54) is 11.1 Å². The van der Waals surface area contributed by atoms with Gasteiger partial charge in [0.25, 0.3) is 0 Å². The molecule has 0 aromatic heterocycles. The van der Waals surface area contributed by atoms with E-state index in [9.17, 15) is 4.79 Å². The van der Waals surface area contributed by atoms with Crippen molar-refractivity contribution in [3.8, 4) is 5.75 Å². The van der Waals surface area contributed by atoms with E-state index in [0.717, 1.165) is 25.8 Å². The number of aliphatic imine (C=N–C) groups is 1. The van der Waals surface area contributed by atoms with Gasteiger partial charge in [-0.15, -0.1) is 0 Å². The highest BCUT2D eigenvalue weighted by atomic mass is 79.9. The molecule has 0 aliphatic carbocycles. The summed E-state index contributed by atoms with van der Waals surface area (Å²) in [7, 11) is 0. The highest BCUT2D eigenvalue weighted by molar-refractivity contribution is 9.11. The molecule has 0 heterocycles. The molecule has 0 saturated carbocycles. The number of ether oxygens (including phenoxy) is 1. The van der Waals surface area contributed by atoms with Gasteiger partial charge in [-0.25, -0.2) is 4.79 Å². The Morgan fingerprint density at radius 1 is 1.03 bits per heavy atom. The summed E-state index contributed by atoms with van der Waals surface area (Å²) in [4.78, 5) is 15.6. The lowest BCUT2D eigenvalue weighted by molar-refractivity contribution is 0.0697. The predicted octanol–water partition coefficient (Wildman–Crippen LogP) is 6.86. The molecule has 0 amide bonds. The Morgan fingerprint density at radius 3 is 2.41 bits per heavy atom. The molecular weight excluding hydrogens is 498 g/mol. The molecule has 0 spiro atoms. The number of benzene rings is 3. The van der Waals surface area contributed by atoms with Crippen molar-refractivity contribution in [2.45, 2.75) is 20.5 Å². The number of halogens is 2. The van der Waals surface area contributed by atoms with Gasteiger partial charge in [0.1, 0.15) is 12.4 Å². The lowest BCUT2D eigenvalue weighted by Gasteiger charge is -2.12. The molecule has 0 aliphatic rings. The third-order valence-electron chi connectivity index (χ3n) is 4.46. The van der Waals surface area contributed by atoms with E-state index < -0.39 is 5.97 Å². The van der Waals surface area contributed by atoms with Crippen LogP contribution in [0.2, 0.25) is 0 Å². The van der Waals surface area contributed by atoms with Gasteiger partial charge in [0, 0.05) is 16.3 Å². The van der Waals surface area contributed by atoms with Gasteiger partial charge in [-0.05, 0) is 82.9 Å². The number of aromatic carboxylic acids is 1. The van der Waals surface area contributed by atoms with Crippen molar-refractivity contribution < 1.29 is 14.6 Å². The van der Waals surface area contributed by atoms with Crippen molar-refractivity contribution in [1.82, 2.24) is 0 Å². The summed E-state index contributed by atoms with van der Waals surface area (Å²) in [5.41, 5.74) is 5.25. The second-order valence-corrected chi connectivity index (χ2v) is 8.39. The Bertz CT molecular complexity index is 1080. The first-order chi connectivity index (χ1) is 13.8. The summed E-state index contributed by atoms with van der Waals surface area (Å²) in [6, 6.07) is 16.6. The molecule has 6 heteroatoms. The van der Waals surface area contributed by atoms with E-state index in [2.05, 4.69) is 56.8 Å². The average Bonchev–Trinajstić information content (AvgIpc) is 2.68. The number of carboxylic acids is 1. The number of aryl methyl sites for hydroxylation is 2. The van der Waals surface area contributed by atoms with Crippen molar-refractivity contribution in [2.24, 2.45) is 4.99 Å². The third kappa shape index (κ3) is 5.55. The van der Waals surface area contributed by atoms with E-state index in [1.54, 1.807) is 30.5 Å². The highest BCUT2D eigenvalue weighted by Crippen LogP contribution is 2.33. The van der Waals surface area contributed by atoms with Crippen LogP contribution in [0.5, 0.6) is 5.75 Å². The first kappa shape index (κ1) is 21.3. The minimum Gasteiger partial charge on any atom is -0.487 e. The largest absolute Gasteiger partial charge is 0.487 e. The molecular formula is C23H19Br2NO3. The zero-order valence-electron chi connectivity index (χ0n) is 15.9. The first-order valence-electron chi connectivity index (χ1n) is 8.89. The van der Waals surface area contributed by atoms with E-state index >= 15 is 0 Å². The lowest BCUT2D eigenvalue weighted by atomic mass is 10.1. The zero-order chi connectivity index (χ0) is 21.0. The number of carbonyl (C=O) groups is 1. The Kier molecular flexibility index (Phi) is 6.87. The van der Waals surface area contributed by atoms with Gasteiger partial charge in [0.05, 0.1) is 15.7 Å². The summed E-state index contributed by atoms with van der Waals surface area (Å²) >= 11 is 7.06. The molecule has 1 N–H and O–H groups in total. The van der Waals surface area contributed by atoms with Crippen LogP contribution in [0.1, 0.15) is 32.6 Å². The Balaban J connectivity index is 1.83. The van der Waals surface area contributed by atoms with Crippen molar-refractivity contribution in [3.05, 3.63) is 91.4 Å². The highest BCUT2D eigenvalue weighted by Gasteiger charge is 2.10. The zero-order valence-corrected chi connectivity index (χ0v) is 19.1. The molecule has 0 atom stereocenters. The van der Waals surface area contributed by atoms with Gasteiger partial charge >= 0.3 is 5.97 Å². The fraction of sp³-hybridized carbons (Fsp3) is 0.130. The van der Waals surface area contributed by atoms with E-state index in [0.29, 0.717) is 12.4 Å². The fourth-order valence-electron chi connectivity index (χ4n) is 2.68. The van der Waals surface area contributed by atoms with Crippen molar-refractivity contribution >= 4 is 49.7 Å². The molecule has 0 aliphatic heterocycles. The Labute approximate surface area is 186 Å². The monoisotopic (exact) mass is 515 g/mol. The maximum atomic E-state index is 11.0. The summed E-state index contributed by atoms with van der Waals surface area (Å²) < 4.78 is 7.74.